The van der Waals surface area contributed by atoms with Crippen molar-refractivity contribution in [1.29, 1.82) is 0 Å². The number of anilines is 1. The van der Waals surface area contributed by atoms with Gasteiger partial charge in [0.25, 0.3) is 5.69 Å². The van der Waals surface area contributed by atoms with E-state index in [4.69, 9.17) is 11.6 Å². The molecule has 1 aliphatic rings. The average molecular weight is 297 g/mol. The van der Waals surface area contributed by atoms with Gasteiger partial charge in [-0.25, -0.2) is 0 Å². The molecule has 20 heavy (non-hydrogen) atoms. The Morgan fingerprint density at radius 1 is 1.40 bits per heavy atom. The average Bonchev–Trinajstić information content (AvgIpc) is 2.47. The Kier molecular flexibility index (Phi) is 5.24. The SMILES string of the molecule is CCCC1CCN(c2ccc([N+](=O)[O-])cc2CCl)CC1. The molecule has 4 nitrogen and oxygen atoms in total. The number of hydrogen-bond donors (Lipinski definition) is 0. The van der Waals surface area contributed by atoms with Crippen LogP contribution in [0.3, 0.4) is 0 Å². The Balaban J connectivity index is 2.11. The van der Waals surface area contributed by atoms with Crippen LogP contribution in [-0.4, -0.2) is 18.0 Å². The fourth-order valence-electron chi connectivity index (χ4n) is 2.97. The lowest BCUT2D eigenvalue weighted by Gasteiger charge is -2.34. The first kappa shape index (κ1) is 15.1. The third kappa shape index (κ3) is 3.42. The van der Waals surface area contributed by atoms with Crippen molar-refractivity contribution in [2.24, 2.45) is 5.92 Å². The van der Waals surface area contributed by atoms with Gasteiger partial charge in [0.2, 0.25) is 0 Å². The van der Waals surface area contributed by atoms with E-state index < -0.39 is 0 Å². The van der Waals surface area contributed by atoms with Crippen LogP contribution in [0.15, 0.2) is 18.2 Å². The zero-order valence-corrected chi connectivity index (χ0v) is 12.6. The van der Waals surface area contributed by atoms with Crippen LogP contribution in [0.2, 0.25) is 0 Å². The molecule has 1 heterocycles. The fraction of sp³-hybridized carbons (Fsp3) is 0.600. The molecule has 0 amide bonds. The highest BCUT2D eigenvalue weighted by Crippen LogP contribution is 2.31. The summed E-state index contributed by atoms with van der Waals surface area (Å²) < 4.78 is 0. The number of non-ortho nitro benzene ring substituents is 1. The van der Waals surface area contributed by atoms with Crippen LogP contribution in [0.1, 0.15) is 38.2 Å². The summed E-state index contributed by atoms with van der Waals surface area (Å²) >= 11 is 5.96. The minimum Gasteiger partial charge on any atom is -0.371 e. The Morgan fingerprint density at radius 3 is 2.65 bits per heavy atom. The van der Waals surface area contributed by atoms with Gasteiger partial charge in [0, 0.05) is 36.8 Å². The minimum atomic E-state index is -0.368. The van der Waals surface area contributed by atoms with Gasteiger partial charge < -0.3 is 4.90 Å². The normalized spacial score (nSPS) is 16.4. The van der Waals surface area contributed by atoms with Crippen molar-refractivity contribution in [2.75, 3.05) is 18.0 Å². The van der Waals surface area contributed by atoms with E-state index in [-0.39, 0.29) is 10.6 Å². The van der Waals surface area contributed by atoms with Gasteiger partial charge in [-0.15, -0.1) is 11.6 Å². The number of hydrogen-bond acceptors (Lipinski definition) is 3. The first-order valence-corrected chi connectivity index (χ1v) is 7.77. The molecule has 0 atom stereocenters. The predicted molar refractivity (Wildman–Crippen MR) is 82.5 cm³/mol. The molecule has 0 radical (unpaired) electrons. The Bertz CT molecular complexity index is 471. The second-order valence-electron chi connectivity index (χ2n) is 5.42. The molecule has 0 spiro atoms. The number of benzene rings is 1. The third-order valence-corrected chi connectivity index (χ3v) is 4.36. The molecule has 1 saturated heterocycles. The largest absolute Gasteiger partial charge is 0.371 e. The van der Waals surface area contributed by atoms with Crippen molar-refractivity contribution in [1.82, 2.24) is 0 Å². The predicted octanol–water partition coefficient (Wildman–Crippen LogP) is 4.35. The maximum atomic E-state index is 10.8. The van der Waals surface area contributed by atoms with E-state index in [9.17, 15) is 10.1 Å². The van der Waals surface area contributed by atoms with Crippen molar-refractivity contribution < 1.29 is 4.92 Å². The summed E-state index contributed by atoms with van der Waals surface area (Å²) in [4.78, 5) is 12.8. The molecule has 0 aromatic heterocycles. The van der Waals surface area contributed by atoms with Crippen LogP contribution in [-0.2, 0) is 5.88 Å². The number of nitro benzene ring substituents is 1. The van der Waals surface area contributed by atoms with Crippen molar-refractivity contribution in [3.8, 4) is 0 Å². The molecule has 0 saturated carbocycles. The number of halogens is 1. The van der Waals surface area contributed by atoms with Gasteiger partial charge >= 0.3 is 0 Å². The maximum Gasteiger partial charge on any atom is 0.269 e. The van der Waals surface area contributed by atoms with Crippen LogP contribution in [0.4, 0.5) is 11.4 Å². The fourth-order valence-corrected chi connectivity index (χ4v) is 3.19. The molecular weight excluding hydrogens is 276 g/mol. The van der Waals surface area contributed by atoms with E-state index in [1.165, 1.54) is 25.7 Å². The number of rotatable bonds is 5. The second-order valence-corrected chi connectivity index (χ2v) is 5.69. The Hall–Kier alpha value is -1.29. The van der Waals surface area contributed by atoms with Gasteiger partial charge in [-0.3, -0.25) is 10.1 Å². The molecule has 1 aliphatic heterocycles. The minimum absolute atomic E-state index is 0.116. The van der Waals surface area contributed by atoms with E-state index in [2.05, 4.69) is 11.8 Å². The highest BCUT2D eigenvalue weighted by molar-refractivity contribution is 6.17. The number of nitrogens with zero attached hydrogens (tertiary/aromatic N) is 2. The zero-order chi connectivity index (χ0) is 14.5. The molecule has 5 heteroatoms. The second kappa shape index (κ2) is 6.93. The summed E-state index contributed by atoms with van der Waals surface area (Å²) in [7, 11) is 0. The molecule has 110 valence electrons. The molecule has 1 fully saturated rings. The van der Waals surface area contributed by atoms with E-state index in [1.54, 1.807) is 12.1 Å². The number of piperidine rings is 1. The maximum absolute atomic E-state index is 10.8. The summed E-state index contributed by atoms with van der Waals surface area (Å²) in [5, 5.41) is 10.8. The summed E-state index contributed by atoms with van der Waals surface area (Å²) in [5.41, 5.74) is 2.03. The van der Waals surface area contributed by atoms with Crippen LogP contribution < -0.4 is 4.90 Å². The van der Waals surface area contributed by atoms with Crippen molar-refractivity contribution in [2.45, 2.75) is 38.5 Å². The topological polar surface area (TPSA) is 46.4 Å². The third-order valence-electron chi connectivity index (χ3n) is 4.07. The van der Waals surface area contributed by atoms with Gasteiger partial charge in [-0.2, -0.15) is 0 Å². The van der Waals surface area contributed by atoms with Gasteiger partial charge in [0.05, 0.1) is 4.92 Å². The first-order valence-electron chi connectivity index (χ1n) is 7.24. The van der Waals surface area contributed by atoms with Crippen molar-refractivity contribution in [3.63, 3.8) is 0 Å². The van der Waals surface area contributed by atoms with Gasteiger partial charge in [-0.1, -0.05) is 19.8 Å². The molecule has 0 N–H and O–H groups in total. The van der Waals surface area contributed by atoms with Crippen molar-refractivity contribution in [3.05, 3.63) is 33.9 Å². The summed E-state index contributed by atoms with van der Waals surface area (Å²) in [6.45, 7) is 4.27. The van der Waals surface area contributed by atoms with E-state index >= 15 is 0 Å². The van der Waals surface area contributed by atoms with Crippen LogP contribution in [0.25, 0.3) is 0 Å². The summed E-state index contributed by atoms with van der Waals surface area (Å²) in [5.74, 6) is 1.14. The monoisotopic (exact) mass is 296 g/mol. The van der Waals surface area contributed by atoms with Crippen LogP contribution in [0.5, 0.6) is 0 Å². The molecule has 0 aliphatic carbocycles. The number of nitro groups is 1. The molecule has 1 aromatic rings. The molecule has 0 bridgehead atoms. The lowest BCUT2D eigenvalue weighted by atomic mass is 9.92. The summed E-state index contributed by atoms with van der Waals surface area (Å²) in [6, 6.07) is 5.01. The Morgan fingerprint density at radius 2 is 2.10 bits per heavy atom. The Labute approximate surface area is 124 Å². The first-order chi connectivity index (χ1) is 9.65. The molecule has 0 unspecified atom stereocenters. The zero-order valence-electron chi connectivity index (χ0n) is 11.8. The smallest absolute Gasteiger partial charge is 0.269 e. The quantitative estimate of drug-likeness (QED) is 0.461. The highest BCUT2D eigenvalue weighted by Gasteiger charge is 2.21. The lowest BCUT2D eigenvalue weighted by Crippen LogP contribution is -2.34. The van der Waals surface area contributed by atoms with E-state index in [0.29, 0.717) is 5.88 Å². The van der Waals surface area contributed by atoms with E-state index in [0.717, 1.165) is 30.3 Å². The highest BCUT2D eigenvalue weighted by atomic mass is 35.5. The number of alkyl halides is 1. The lowest BCUT2D eigenvalue weighted by molar-refractivity contribution is -0.384. The van der Waals surface area contributed by atoms with E-state index in [1.807, 2.05) is 6.07 Å². The molecule has 2 rings (SSSR count). The standard InChI is InChI=1S/C15H21ClN2O2/c1-2-3-12-6-8-17(9-7-12)15-5-4-14(18(19)20)10-13(15)11-16/h4-5,10,12H,2-3,6-9,11H2,1H3. The van der Waals surface area contributed by atoms with Gasteiger partial charge in [0.15, 0.2) is 0 Å². The van der Waals surface area contributed by atoms with Crippen LogP contribution in [0, 0.1) is 16.0 Å². The molecule has 1 aromatic carbocycles. The van der Waals surface area contributed by atoms with Gasteiger partial charge in [-0.05, 0) is 30.4 Å². The molecular formula is C15H21ClN2O2. The summed E-state index contributed by atoms with van der Waals surface area (Å²) in [6.07, 6.45) is 4.95. The van der Waals surface area contributed by atoms with Crippen molar-refractivity contribution >= 4 is 23.0 Å². The van der Waals surface area contributed by atoms with Crippen LogP contribution >= 0.6 is 11.6 Å². The van der Waals surface area contributed by atoms with Gasteiger partial charge in [0.1, 0.15) is 0 Å².